The maximum atomic E-state index is 13.5. The van der Waals surface area contributed by atoms with Crippen LogP contribution in [0.3, 0.4) is 0 Å². The molecule has 0 saturated carbocycles. The topological polar surface area (TPSA) is 74.8 Å². The molecular weight excluding hydrogens is 349 g/mol. The molecule has 24 heavy (non-hydrogen) atoms. The Balaban J connectivity index is 1.73. The minimum absolute atomic E-state index is 0.225. The largest absolute Gasteiger partial charge is 0.325 e. The first-order valence-corrected chi connectivity index (χ1v) is 8.91. The second-order valence-corrected chi connectivity index (χ2v) is 7.45. The van der Waals surface area contributed by atoms with Gasteiger partial charge in [0.05, 0.1) is 10.6 Å². The van der Waals surface area contributed by atoms with Gasteiger partial charge in [0.2, 0.25) is 5.91 Å². The molecule has 124 valence electrons. The van der Waals surface area contributed by atoms with Crippen LogP contribution in [0.5, 0.6) is 0 Å². The van der Waals surface area contributed by atoms with Gasteiger partial charge in [-0.3, -0.25) is 9.59 Å². The number of fused-ring (bicyclic) bond motifs is 1. The van der Waals surface area contributed by atoms with Gasteiger partial charge in [0.1, 0.15) is 10.6 Å². The zero-order chi connectivity index (χ0) is 17.3. The number of rotatable bonds is 4. The number of thioether (sulfide) groups is 1. The van der Waals surface area contributed by atoms with Crippen LogP contribution < -0.4 is 10.9 Å². The predicted octanol–water partition coefficient (Wildman–Crippen LogP) is 3.55. The number of hydrogen-bond acceptors (Lipinski definition) is 5. The third-order valence-corrected chi connectivity index (χ3v) is 5.20. The molecule has 0 saturated heterocycles. The number of amides is 1. The molecule has 1 amide bonds. The van der Waals surface area contributed by atoms with E-state index in [9.17, 15) is 14.0 Å². The smallest absolute Gasteiger partial charge is 0.260 e. The first kappa shape index (κ1) is 16.7. The van der Waals surface area contributed by atoms with E-state index >= 15 is 0 Å². The van der Waals surface area contributed by atoms with Crippen molar-refractivity contribution in [2.75, 3.05) is 5.32 Å². The van der Waals surface area contributed by atoms with E-state index in [1.165, 1.54) is 17.4 Å². The van der Waals surface area contributed by atoms with E-state index < -0.39 is 5.25 Å². The molecule has 5 nitrogen and oxygen atoms in total. The summed E-state index contributed by atoms with van der Waals surface area (Å²) in [6.07, 6.45) is 0. The van der Waals surface area contributed by atoms with Crippen molar-refractivity contribution in [2.24, 2.45) is 0 Å². The molecule has 0 fully saturated rings. The summed E-state index contributed by atoms with van der Waals surface area (Å²) in [5.74, 6) is -0.667. The van der Waals surface area contributed by atoms with Gasteiger partial charge >= 0.3 is 0 Å². The lowest BCUT2D eigenvalue weighted by Crippen LogP contribution is -2.23. The predicted molar refractivity (Wildman–Crippen MR) is 95.3 cm³/mol. The number of nitrogens with zero attached hydrogens (tertiary/aromatic N) is 1. The Hall–Kier alpha value is -2.19. The Morgan fingerprint density at radius 1 is 1.42 bits per heavy atom. The Morgan fingerprint density at radius 3 is 2.96 bits per heavy atom. The van der Waals surface area contributed by atoms with Crippen LogP contribution in [0.25, 0.3) is 10.2 Å². The van der Waals surface area contributed by atoms with Gasteiger partial charge in [-0.1, -0.05) is 17.8 Å². The number of halogens is 1. The van der Waals surface area contributed by atoms with Crippen molar-refractivity contribution in [3.63, 3.8) is 0 Å². The van der Waals surface area contributed by atoms with Gasteiger partial charge < -0.3 is 10.3 Å². The molecule has 3 rings (SSSR count). The lowest BCUT2D eigenvalue weighted by Gasteiger charge is -2.11. The molecule has 0 aliphatic rings. The molecule has 0 unspecified atom stereocenters. The Morgan fingerprint density at radius 2 is 2.21 bits per heavy atom. The van der Waals surface area contributed by atoms with Gasteiger partial charge in [0.25, 0.3) is 5.56 Å². The zero-order valence-electron chi connectivity index (χ0n) is 12.9. The summed E-state index contributed by atoms with van der Waals surface area (Å²) in [5.41, 5.74) is 0.684. The molecule has 0 bridgehead atoms. The lowest BCUT2D eigenvalue weighted by molar-refractivity contribution is -0.115. The summed E-state index contributed by atoms with van der Waals surface area (Å²) in [4.78, 5) is 31.8. The summed E-state index contributed by atoms with van der Waals surface area (Å²) >= 11 is 2.51. The zero-order valence-corrected chi connectivity index (χ0v) is 14.6. The van der Waals surface area contributed by atoms with Gasteiger partial charge in [-0.05, 0) is 43.0 Å². The summed E-state index contributed by atoms with van der Waals surface area (Å²) in [6, 6.07) is 6.24. The SMILES string of the molecule is Cc1ccc(NC(=O)[C@@H](C)Sc2nc3sccc3c(=O)[nH]2)cc1F. The fourth-order valence-corrected chi connectivity index (χ4v) is 3.66. The second-order valence-electron chi connectivity index (χ2n) is 5.22. The minimum atomic E-state index is -0.505. The highest BCUT2D eigenvalue weighted by molar-refractivity contribution is 8.00. The number of aryl methyl sites for hydroxylation is 1. The number of hydrogen-bond donors (Lipinski definition) is 2. The van der Waals surface area contributed by atoms with Crippen LogP contribution in [0.15, 0.2) is 39.6 Å². The molecule has 1 atom stereocenters. The first-order valence-electron chi connectivity index (χ1n) is 7.15. The standard InChI is InChI=1S/C16H14FN3O2S2/c1-8-3-4-10(7-12(8)17)18-13(21)9(2)24-16-19-14(22)11-5-6-23-15(11)20-16/h3-7,9H,1-2H3,(H,18,21)(H,19,20,22)/t9-/m1/s1. The van der Waals surface area contributed by atoms with E-state index in [2.05, 4.69) is 15.3 Å². The van der Waals surface area contributed by atoms with Gasteiger partial charge in [0.15, 0.2) is 5.16 Å². The highest BCUT2D eigenvalue weighted by Gasteiger charge is 2.17. The Kier molecular flexibility index (Phi) is 4.68. The third kappa shape index (κ3) is 3.49. The van der Waals surface area contributed by atoms with E-state index in [-0.39, 0.29) is 17.3 Å². The Bertz CT molecular complexity index is 967. The summed E-state index contributed by atoms with van der Waals surface area (Å²) < 4.78 is 13.5. The van der Waals surface area contributed by atoms with Gasteiger partial charge in [0, 0.05) is 5.69 Å². The molecule has 2 N–H and O–H groups in total. The number of carbonyl (C=O) groups excluding carboxylic acids is 1. The number of H-pyrrole nitrogens is 1. The van der Waals surface area contributed by atoms with Crippen molar-refractivity contribution in [3.05, 3.63) is 51.4 Å². The second kappa shape index (κ2) is 6.74. The van der Waals surface area contributed by atoms with Gasteiger partial charge in [-0.15, -0.1) is 11.3 Å². The Labute approximate surface area is 145 Å². The number of aromatic nitrogens is 2. The molecule has 0 spiro atoms. The molecule has 2 aromatic heterocycles. The van der Waals surface area contributed by atoms with Crippen molar-refractivity contribution in [3.8, 4) is 0 Å². The average molecular weight is 363 g/mol. The quantitative estimate of drug-likeness (QED) is 0.549. The number of aromatic amines is 1. The summed E-state index contributed by atoms with van der Waals surface area (Å²) in [6.45, 7) is 3.35. The van der Waals surface area contributed by atoms with E-state index in [4.69, 9.17) is 0 Å². The summed E-state index contributed by atoms with van der Waals surface area (Å²) in [5, 5.41) is 4.87. The normalized spacial score (nSPS) is 12.3. The highest BCUT2D eigenvalue weighted by atomic mass is 32.2. The van der Waals surface area contributed by atoms with E-state index in [1.807, 2.05) is 0 Å². The fourth-order valence-electron chi connectivity index (χ4n) is 2.04. The van der Waals surface area contributed by atoms with Crippen molar-refractivity contribution < 1.29 is 9.18 Å². The maximum absolute atomic E-state index is 13.5. The number of nitrogens with one attached hydrogen (secondary N) is 2. The van der Waals surface area contributed by atoms with Crippen molar-refractivity contribution in [1.29, 1.82) is 0 Å². The number of anilines is 1. The molecule has 3 aromatic rings. The van der Waals surface area contributed by atoms with Crippen LogP contribution in [-0.4, -0.2) is 21.1 Å². The molecule has 0 aliphatic carbocycles. The van der Waals surface area contributed by atoms with E-state index in [1.54, 1.807) is 37.4 Å². The van der Waals surface area contributed by atoms with Crippen LogP contribution in [0.1, 0.15) is 12.5 Å². The van der Waals surface area contributed by atoms with Crippen LogP contribution in [0.4, 0.5) is 10.1 Å². The van der Waals surface area contributed by atoms with Crippen LogP contribution in [0.2, 0.25) is 0 Å². The minimum Gasteiger partial charge on any atom is -0.325 e. The fraction of sp³-hybridized carbons (Fsp3) is 0.188. The highest BCUT2D eigenvalue weighted by Crippen LogP contribution is 2.23. The number of thiophene rings is 1. The van der Waals surface area contributed by atoms with E-state index in [0.29, 0.717) is 26.6 Å². The number of carbonyl (C=O) groups is 1. The third-order valence-electron chi connectivity index (χ3n) is 3.41. The van der Waals surface area contributed by atoms with Crippen LogP contribution in [0, 0.1) is 12.7 Å². The van der Waals surface area contributed by atoms with Crippen molar-refractivity contribution in [1.82, 2.24) is 9.97 Å². The monoisotopic (exact) mass is 363 g/mol. The van der Waals surface area contributed by atoms with Crippen LogP contribution >= 0.6 is 23.1 Å². The van der Waals surface area contributed by atoms with Crippen molar-refractivity contribution in [2.45, 2.75) is 24.3 Å². The maximum Gasteiger partial charge on any atom is 0.260 e. The molecule has 1 aromatic carbocycles. The van der Waals surface area contributed by atoms with Crippen LogP contribution in [-0.2, 0) is 4.79 Å². The summed E-state index contributed by atoms with van der Waals surface area (Å²) in [7, 11) is 0. The first-order chi connectivity index (χ1) is 11.4. The number of benzene rings is 1. The molecule has 0 radical (unpaired) electrons. The van der Waals surface area contributed by atoms with Crippen molar-refractivity contribution >= 4 is 44.9 Å². The van der Waals surface area contributed by atoms with E-state index in [0.717, 1.165) is 11.8 Å². The molecule has 0 aliphatic heterocycles. The van der Waals surface area contributed by atoms with Gasteiger partial charge in [-0.2, -0.15) is 0 Å². The lowest BCUT2D eigenvalue weighted by atomic mass is 10.2. The molecule has 8 heteroatoms. The average Bonchev–Trinajstić information content (AvgIpc) is 3.00. The van der Waals surface area contributed by atoms with Gasteiger partial charge in [-0.25, -0.2) is 9.37 Å². The molecular formula is C16H14FN3O2S2. The molecule has 2 heterocycles.